The van der Waals surface area contributed by atoms with Crippen molar-refractivity contribution in [2.75, 3.05) is 0 Å². The predicted molar refractivity (Wildman–Crippen MR) is 129 cm³/mol. The molecular weight excluding hydrogens is 438 g/mol. The molecule has 4 aromatic rings. The molecule has 0 bridgehead atoms. The summed E-state index contributed by atoms with van der Waals surface area (Å²) in [6.45, 7) is 1.57. The van der Waals surface area contributed by atoms with E-state index in [4.69, 9.17) is 11.6 Å². The molecule has 164 valence electrons. The van der Waals surface area contributed by atoms with E-state index >= 15 is 0 Å². The molecule has 0 N–H and O–H groups in total. The average molecular weight is 464 g/mol. The fourth-order valence-electron chi connectivity index (χ4n) is 4.59. The quantitative estimate of drug-likeness (QED) is 0.308. The van der Waals surface area contributed by atoms with Crippen LogP contribution in [0.1, 0.15) is 59.6 Å². The number of halogens is 1. The van der Waals surface area contributed by atoms with Crippen molar-refractivity contribution in [3.8, 4) is 0 Å². The largest absolute Gasteiger partial charge is 0.280 e. The van der Waals surface area contributed by atoms with E-state index in [-0.39, 0.29) is 6.04 Å². The number of nitrogens with zero attached hydrogens (tertiary/aromatic N) is 5. The first kappa shape index (κ1) is 21.3. The molecule has 0 unspecified atom stereocenters. The van der Waals surface area contributed by atoms with Crippen LogP contribution in [0.5, 0.6) is 0 Å². The molecule has 1 atom stereocenters. The minimum absolute atomic E-state index is 0.0264. The van der Waals surface area contributed by atoms with Crippen LogP contribution in [0.2, 0.25) is 5.02 Å². The topological polar surface area (TPSA) is 46.8 Å². The molecule has 1 aliphatic rings. The van der Waals surface area contributed by atoms with E-state index in [2.05, 4.69) is 85.1 Å². The monoisotopic (exact) mass is 463 g/mol. The van der Waals surface area contributed by atoms with Crippen LogP contribution in [-0.4, -0.2) is 25.1 Å². The fourth-order valence-corrected chi connectivity index (χ4v) is 5.57. The number of tetrazole rings is 1. The molecule has 5 rings (SSSR count). The van der Waals surface area contributed by atoms with E-state index in [1.807, 2.05) is 12.1 Å². The van der Waals surface area contributed by atoms with Crippen LogP contribution in [0.25, 0.3) is 0 Å². The highest BCUT2D eigenvalue weighted by molar-refractivity contribution is 7.10. The molecule has 2 heterocycles. The van der Waals surface area contributed by atoms with Crippen molar-refractivity contribution in [3.05, 3.63) is 99.0 Å². The van der Waals surface area contributed by atoms with E-state index in [9.17, 15) is 0 Å². The van der Waals surface area contributed by atoms with E-state index in [1.54, 1.807) is 11.3 Å². The molecule has 0 amide bonds. The Bertz CT molecular complexity index is 1100. The van der Waals surface area contributed by atoms with Crippen molar-refractivity contribution in [2.45, 2.75) is 50.9 Å². The first-order chi connectivity index (χ1) is 15.8. The first-order valence-corrected chi connectivity index (χ1v) is 12.4. The zero-order valence-corrected chi connectivity index (χ0v) is 19.4. The molecule has 32 heavy (non-hydrogen) atoms. The van der Waals surface area contributed by atoms with Gasteiger partial charge in [-0.3, -0.25) is 4.90 Å². The lowest BCUT2D eigenvalue weighted by atomic mass is 10.1. The molecule has 1 fully saturated rings. The maximum atomic E-state index is 6.15. The molecule has 7 heteroatoms. The van der Waals surface area contributed by atoms with Gasteiger partial charge in [-0.15, -0.1) is 16.4 Å². The lowest BCUT2D eigenvalue weighted by Gasteiger charge is -2.31. The Hall–Kier alpha value is -2.54. The highest BCUT2D eigenvalue weighted by Gasteiger charge is 2.32. The predicted octanol–water partition coefficient (Wildman–Crippen LogP) is 6.29. The molecule has 5 nitrogen and oxygen atoms in total. The molecule has 0 aliphatic heterocycles. The second-order valence-electron chi connectivity index (χ2n) is 8.35. The second-order valence-corrected chi connectivity index (χ2v) is 9.77. The van der Waals surface area contributed by atoms with Gasteiger partial charge in [-0.1, -0.05) is 73.0 Å². The van der Waals surface area contributed by atoms with Crippen molar-refractivity contribution in [1.29, 1.82) is 0 Å². The number of hydrogen-bond donors (Lipinski definition) is 0. The fraction of sp³-hybridized carbons (Fsp3) is 0.320. The maximum Gasteiger partial charge on any atom is 0.174 e. The highest BCUT2D eigenvalue weighted by atomic mass is 35.5. The third-order valence-corrected chi connectivity index (χ3v) is 7.32. The van der Waals surface area contributed by atoms with Crippen LogP contribution in [0.15, 0.2) is 72.1 Å². The van der Waals surface area contributed by atoms with Crippen LogP contribution < -0.4 is 0 Å². The van der Waals surface area contributed by atoms with Gasteiger partial charge in [0.25, 0.3) is 0 Å². The summed E-state index contributed by atoms with van der Waals surface area (Å²) in [5, 5.41) is 16.1. The SMILES string of the molecule is Clc1ccc(CN(Cc2ccccc2)[C@@H](c2cccs2)c2nnnn2C2CCCC2)cc1. The number of hydrogen-bond acceptors (Lipinski definition) is 5. The number of rotatable bonds is 8. The summed E-state index contributed by atoms with van der Waals surface area (Å²) in [5.74, 6) is 0.934. The number of aromatic nitrogens is 4. The van der Waals surface area contributed by atoms with E-state index in [0.29, 0.717) is 6.04 Å². The van der Waals surface area contributed by atoms with Gasteiger partial charge in [0.2, 0.25) is 0 Å². The van der Waals surface area contributed by atoms with Crippen molar-refractivity contribution in [2.24, 2.45) is 0 Å². The Balaban J connectivity index is 1.56. The number of benzene rings is 2. The van der Waals surface area contributed by atoms with Crippen LogP contribution in [0.3, 0.4) is 0 Å². The van der Waals surface area contributed by atoms with Gasteiger partial charge in [0.1, 0.15) is 6.04 Å². The summed E-state index contributed by atoms with van der Waals surface area (Å²) in [5.41, 5.74) is 2.48. The van der Waals surface area contributed by atoms with Crippen molar-refractivity contribution < 1.29 is 0 Å². The molecular formula is C25H26ClN5S. The van der Waals surface area contributed by atoms with Gasteiger partial charge < -0.3 is 0 Å². The highest BCUT2D eigenvalue weighted by Crippen LogP contribution is 2.37. The molecule has 0 radical (unpaired) electrons. The molecule has 0 spiro atoms. The van der Waals surface area contributed by atoms with Gasteiger partial charge in [0.05, 0.1) is 6.04 Å². The van der Waals surface area contributed by atoms with Crippen LogP contribution in [-0.2, 0) is 13.1 Å². The van der Waals surface area contributed by atoms with Gasteiger partial charge in [0, 0.05) is 23.0 Å². The van der Waals surface area contributed by atoms with Crippen molar-refractivity contribution in [3.63, 3.8) is 0 Å². The Morgan fingerprint density at radius 1 is 0.938 bits per heavy atom. The lowest BCUT2D eigenvalue weighted by Crippen LogP contribution is -2.31. The van der Waals surface area contributed by atoms with Crippen molar-refractivity contribution in [1.82, 2.24) is 25.1 Å². The number of thiophene rings is 1. The first-order valence-electron chi connectivity index (χ1n) is 11.1. The van der Waals surface area contributed by atoms with Crippen LogP contribution in [0.4, 0.5) is 0 Å². The zero-order chi connectivity index (χ0) is 21.8. The normalized spacial score (nSPS) is 15.4. The van der Waals surface area contributed by atoms with Gasteiger partial charge in [0.15, 0.2) is 5.82 Å². The van der Waals surface area contributed by atoms with Crippen LogP contribution in [0, 0.1) is 0 Å². The third kappa shape index (κ3) is 4.77. The Morgan fingerprint density at radius 2 is 1.66 bits per heavy atom. The summed E-state index contributed by atoms with van der Waals surface area (Å²) in [6, 6.07) is 23.4. The Morgan fingerprint density at radius 3 is 2.34 bits per heavy atom. The minimum Gasteiger partial charge on any atom is -0.280 e. The molecule has 2 aromatic heterocycles. The average Bonchev–Trinajstić information content (AvgIpc) is 3.59. The zero-order valence-electron chi connectivity index (χ0n) is 17.8. The van der Waals surface area contributed by atoms with E-state index < -0.39 is 0 Å². The van der Waals surface area contributed by atoms with Gasteiger partial charge in [-0.2, -0.15) is 0 Å². The van der Waals surface area contributed by atoms with Gasteiger partial charge >= 0.3 is 0 Å². The summed E-state index contributed by atoms with van der Waals surface area (Å²) < 4.78 is 2.09. The summed E-state index contributed by atoms with van der Waals surface area (Å²) in [6.07, 6.45) is 4.77. The standard InChI is InChI=1S/C25H26ClN5S/c26-21-14-12-20(13-15-21)18-30(17-19-7-2-1-3-8-19)24(23-11-6-16-32-23)25-27-28-29-31(25)22-9-4-5-10-22/h1-3,6-8,11-16,22,24H,4-5,9-10,17-18H2/t24-/m0/s1. The molecule has 1 saturated carbocycles. The Kier molecular flexibility index (Phi) is 6.62. The van der Waals surface area contributed by atoms with E-state index in [1.165, 1.54) is 28.8 Å². The summed E-state index contributed by atoms with van der Waals surface area (Å²) >= 11 is 7.92. The third-order valence-electron chi connectivity index (χ3n) is 6.14. The molecule has 0 saturated heterocycles. The van der Waals surface area contributed by atoms with Gasteiger partial charge in [-0.05, 0) is 58.0 Å². The summed E-state index contributed by atoms with van der Waals surface area (Å²) in [4.78, 5) is 3.73. The molecule has 2 aromatic carbocycles. The smallest absolute Gasteiger partial charge is 0.174 e. The Labute approximate surface area is 197 Å². The van der Waals surface area contributed by atoms with Crippen molar-refractivity contribution >= 4 is 22.9 Å². The van der Waals surface area contributed by atoms with Crippen LogP contribution >= 0.6 is 22.9 Å². The lowest BCUT2D eigenvalue weighted by molar-refractivity contribution is 0.194. The molecule has 1 aliphatic carbocycles. The summed E-state index contributed by atoms with van der Waals surface area (Å²) in [7, 11) is 0. The minimum atomic E-state index is -0.0264. The van der Waals surface area contributed by atoms with E-state index in [0.717, 1.165) is 36.8 Å². The second kappa shape index (κ2) is 9.94. The maximum absolute atomic E-state index is 6.15. The van der Waals surface area contributed by atoms with Gasteiger partial charge in [-0.25, -0.2) is 4.68 Å².